The standard InChI is InChI=1S/C38H54FN7O2/c1-5-35(27-13-11-26(12-14-27)18-36(47)48)45(4)38-42-33-16-15-29(28-9-6-10-31(39)19-28)20-32(33)37(43-38)41-34(30-21-40-44(3)23-30)24-46-17-7-8-25(2)22-46/h6,9-10,19,21,23,25-27,29,34-35H,5,7-8,11-18,20,22,24H2,1-4H3,(H,47,48)(H,41,42,43)/t25-,26?,27?,29+,34-,35+/m0/s1. The van der Waals surface area contributed by atoms with Gasteiger partial charge in [0.05, 0.1) is 17.9 Å². The fourth-order valence-electron chi connectivity index (χ4n) is 8.75. The number of nitrogens with one attached hydrogen (secondary N) is 1. The Morgan fingerprint density at radius 1 is 1.17 bits per heavy atom. The third-order valence-electron chi connectivity index (χ3n) is 11.3. The summed E-state index contributed by atoms with van der Waals surface area (Å²) in [4.78, 5) is 26.8. The van der Waals surface area contributed by atoms with Crippen molar-refractivity contribution in [3.63, 3.8) is 0 Å². The van der Waals surface area contributed by atoms with E-state index in [1.807, 2.05) is 30.1 Å². The second kappa shape index (κ2) is 15.3. The summed E-state index contributed by atoms with van der Waals surface area (Å²) in [6.07, 6.45) is 14.3. The van der Waals surface area contributed by atoms with Crippen LogP contribution in [0.2, 0.25) is 0 Å². The van der Waals surface area contributed by atoms with E-state index in [4.69, 9.17) is 9.97 Å². The molecule has 3 heterocycles. The number of hydrogen-bond acceptors (Lipinski definition) is 7. The molecule has 6 rings (SSSR count). The number of carbonyl (C=O) groups is 1. The lowest BCUT2D eigenvalue weighted by Gasteiger charge is -2.39. The molecule has 3 aromatic rings. The SMILES string of the molecule is CC[C@H](C1CCC(CC(=O)O)CC1)N(C)c1nc2c(c(N[C@@H](CN3CCC[C@H](C)C3)c3cnn(C)c3)n1)C[C@H](c1cccc(F)c1)CC2. The van der Waals surface area contributed by atoms with Crippen LogP contribution in [-0.4, -0.2) is 68.4 Å². The van der Waals surface area contributed by atoms with Crippen molar-refractivity contribution in [1.82, 2.24) is 24.6 Å². The molecule has 3 aliphatic rings. The van der Waals surface area contributed by atoms with Gasteiger partial charge in [-0.3, -0.25) is 9.48 Å². The first-order valence-corrected chi connectivity index (χ1v) is 18.2. The number of carboxylic acid groups (broad SMARTS) is 1. The molecular formula is C38H54FN7O2. The minimum Gasteiger partial charge on any atom is -0.481 e. The molecule has 0 radical (unpaired) electrons. The van der Waals surface area contributed by atoms with E-state index >= 15 is 0 Å². The van der Waals surface area contributed by atoms with Gasteiger partial charge in [0.15, 0.2) is 0 Å². The van der Waals surface area contributed by atoms with Crippen molar-refractivity contribution in [3.8, 4) is 0 Å². The van der Waals surface area contributed by atoms with Crippen LogP contribution in [0.15, 0.2) is 36.7 Å². The number of hydrogen-bond donors (Lipinski definition) is 2. The zero-order valence-corrected chi connectivity index (χ0v) is 29.2. The first kappa shape index (κ1) is 34.3. The molecule has 10 heteroatoms. The highest BCUT2D eigenvalue weighted by atomic mass is 19.1. The van der Waals surface area contributed by atoms with Crippen molar-refractivity contribution in [3.05, 3.63) is 64.9 Å². The summed E-state index contributed by atoms with van der Waals surface area (Å²) in [7, 11) is 4.10. The van der Waals surface area contributed by atoms with E-state index in [2.05, 4.69) is 47.3 Å². The number of rotatable bonds is 12. The van der Waals surface area contributed by atoms with Gasteiger partial charge in [-0.25, -0.2) is 9.37 Å². The highest BCUT2D eigenvalue weighted by molar-refractivity contribution is 5.67. The average molecular weight is 660 g/mol. The molecule has 0 spiro atoms. The quantitative estimate of drug-likeness (QED) is 0.215. The smallest absolute Gasteiger partial charge is 0.303 e. The molecule has 2 fully saturated rings. The molecule has 0 bridgehead atoms. The summed E-state index contributed by atoms with van der Waals surface area (Å²) in [6.45, 7) is 7.63. The summed E-state index contributed by atoms with van der Waals surface area (Å²) in [5.74, 6) is 2.36. The van der Waals surface area contributed by atoms with E-state index < -0.39 is 5.97 Å². The van der Waals surface area contributed by atoms with Crippen LogP contribution >= 0.6 is 0 Å². The van der Waals surface area contributed by atoms with Gasteiger partial charge in [-0.1, -0.05) is 26.0 Å². The maximum absolute atomic E-state index is 14.3. The van der Waals surface area contributed by atoms with Crippen LogP contribution < -0.4 is 10.2 Å². The van der Waals surface area contributed by atoms with Crippen LogP contribution in [0, 0.1) is 23.6 Å². The molecule has 2 N–H and O–H groups in total. The molecule has 1 aromatic carbocycles. The molecule has 9 nitrogen and oxygen atoms in total. The van der Waals surface area contributed by atoms with Crippen molar-refractivity contribution in [1.29, 1.82) is 0 Å². The van der Waals surface area contributed by atoms with Crippen molar-refractivity contribution in [2.45, 2.75) is 102 Å². The van der Waals surface area contributed by atoms with E-state index in [0.717, 1.165) is 105 Å². The van der Waals surface area contributed by atoms with Gasteiger partial charge in [0.2, 0.25) is 5.95 Å². The molecule has 1 saturated heterocycles. The molecule has 260 valence electrons. The van der Waals surface area contributed by atoms with E-state index in [-0.39, 0.29) is 36.2 Å². The first-order chi connectivity index (χ1) is 23.2. The number of aryl methyl sites for hydroxylation is 2. The molecule has 1 aliphatic heterocycles. The van der Waals surface area contributed by atoms with E-state index in [0.29, 0.717) is 11.8 Å². The number of nitrogens with zero attached hydrogens (tertiary/aromatic N) is 6. The summed E-state index contributed by atoms with van der Waals surface area (Å²) in [5, 5.41) is 17.8. The Kier molecular flexibility index (Phi) is 11.0. The Hall–Kier alpha value is -3.53. The number of piperidine rings is 1. The average Bonchev–Trinajstić information content (AvgIpc) is 3.51. The molecular weight excluding hydrogens is 605 g/mol. The predicted octanol–water partition coefficient (Wildman–Crippen LogP) is 7.00. The fraction of sp³-hybridized carbons (Fsp3) is 0.632. The third kappa shape index (κ3) is 8.18. The number of carboxylic acids is 1. The number of aromatic nitrogens is 4. The van der Waals surface area contributed by atoms with Gasteiger partial charge in [-0.2, -0.15) is 10.1 Å². The lowest BCUT2D eigenvalue weighted by Crippen LogP contribution is -2.41. The summed E-state index contributed by atoms with van der Waals surface area (Å²) in [6, 6.07) is 7.32. The zero-order chi connectivity index (χ0) is 33.8. The molecule has 1 saturated carbocycles. The molecule has 0 amide bonds. The Morgan fingerprint density at radius 3 is 2.67 bits per heavy atom. The zero-order valence-electron chi connectivity index (χ0n) is 29.2. The van der Waals surface area contributed by atoms with Gasteiger partial charge in [-0.15, -0.1) is 0 Å². The highest BCUT2D eigenvalue weighted by Crippen LogP contribution is 2.39. The van der Waals surface area contributed by atoms with E-state index in [1.165, 1.54) is 18.9 Å². The van der Waals surface area contributed by atoms with Gasteiger partial charge in [0.1, 0.15) is 11.6 Å². The first-order valence-electron chi connectivity index (χ1n) is 18.2. The van der Waals surface area contributed by atoms with Crippen molar-refractivity contribution >= 4 is 17.7 Å². The fourth-order valence-corrected chi connectivity index (χ4v) is 8.75. The molecule has 2 aromatic heterocycles. The minimum atomic E-state index is -0.691. The molecule has 2 aliphatic carbocycles. The van der Waals surface area contributed by atoms with Crippen LogP contribution in [0.3, 0.4) is 0 Å². The van der Waals surface area contributed by atoms with Gasteiger partial charge in [-0.05, 0) is 112 Å². The van der Waals surface area contributed by atoms with Gasteiger partial charge < -0.3 is 20.2 Å². The van der Waals surface area contributed by atoms with Gasteiger partial charge in [0, 0.05) is 57.0 Å². The summed E-state index contributed by atoms with van der Waals surface area (Å²) >= 11 is 0. The lowest BCUT2D eigenvalue weighted by molar-refractivity contribution is -0.138. The second-order valence-electron chi connectivity index (χ2n) is 14.9. The number of halogens is 1. The number of aliphatic carboxylic acids is 1. The lowest BCUT2D eigenvalue weighted by atomic mass is 9.76. The Bertz CT molecular complexity index is 1540. The van der Waals surface area contributed by atoms with Crippen LogP contribution in [0.1, 0.15) is 106 Å². The van der Waals surface area contributed by atoms with Crippen LogP contribution in [0.5, 0.6) is 0 Å². The van der Waals surface area contributed by atoms with Crippen LogP contribution in [-0.2, 0) is 24.7 Å². The number of anilines is 2. The van der Waals surface area contributed by atoms with E-state index in [1.54, 1.807) is 6.07 Å². The number of likely N-dealkylation sites (tertiary alicyclic amines) is 1. The van der Waals surface area contributed by atoms with Crippen molar-refractivity contribution in [2.24, 2.45) is 24.8 Å². The Balaban J connectivity index is 1.32. The van der Waals surface area contributed by atoms with Gasteiger partial charge >= 0.3 is 5.97 Å². The van der Waals surface area contributed by atoms with Crippen molar-refractivity contribution in [2.75, 3.05) is 36.9 Å². The van der Waals surface area contributed by atoms with Crippen LogP contribution in [0.25, 0.3) is 0 Å². The van der Waals surface area contributed by atoms with Crippen molar-refractivity contribution < 1.29 is 14.3 Å². The second-order valence-corrected chi connectivity index (χ2v) is 14.9. The monoisotopic (exact) mass is 659 g/mol. The highest BCUT2D eigenvalue weighted by Gasteiger charge is 2.33. The van der Waals surface area contributed by atoms with Crippen LogP contribution in [0.4, 0.5) is 16.2 Å². The minimum absolute atomic E-state index is 0.00203. The summed E-state index contributed by atoms with van der Waals surface area (Å²) in [5.41, 5.74) is 4.39. The molecule has 0 unspecified atom stereocenters. The molecule has 48 heavy (non-hydrogen) atoms. The third-order valence-corrected chi connectivity index (χ3v) is 11.3. The van der Waals surface area contributed by atoms with Gasteiger partial charge in [0.25, 0.3) is 0 Å². The number of fused-ring (bicyclic) bond motifs is 1. The Morgan fingerprint density at radius 2 is 1.98 bits per heavy atom. The maximum atomic E-state index is 14.3. The Labute approximate surface area is 285 Å². The maximum Gasteiger partial charge on any atom is 0.303 e. The number of benzene rings is 1. The largest absolute Gasteiger partial charge is 0.481 e. The normalized spacial score (nSPS) is 24.4. The summed E-state index contributed by atoms with van der Waals surface area (Å²) < 4.78 is 16.2. The van der Waals surface area contributed by atoms with E-state index in [9.17, 15) is 14.3 Å². The molecule has 4 atom stereocenters. The topological polar surface area (TPSA) is 99.4 Å². The predicted molar refractivity (Wildman–Crippen MR) is 188 cm³/mol.